The summed E-state index contributed by atoms with van der Waals surface area (Å²) in [5.41, 5.74) is 3.50. The van der Waals surface area contributed by atoms with Gasteiger partial charge in [0, 0.05) is 41.7 Å². The normalized spacial score (nSPS) is 14.2. The molecule has 0 spiro atoms. The van der Waals surface area contributed by atoms with Gasteiger partial charge in [0.15, 0.2) is 0 Å². The molecule has 8 nitrogen and oxygen atoms in total. The van der Waals surface area contributed by atoms with E-state index in [4.69, 9.17) is 0 Å². The van der Waals surface area contributed by atoms with Crippen molar-refractivity contribution in [3.8, 4) is 0 Å². The zero-order valence-corrected chi connectivity index (χ0v) is 22.3. The first-order chi connectivity index (χ1) is 18.0. The lowest BCUT2D eigenvalue weighted by atomic mass is 9.87. The lowest BCUT2D eigenvalue weighted by Crippen LogP contribution is -2.33. The van der Waals surface area contributed by atoms with E-state index in [0.717, 1.165) is 31.5 Å². The highest BCUT2D eigenvalue weighted by Gasteiger charge is 2.25. The Morgan fingerprint density at radius 3 is 1.84 bits per heavy atom. The Balaban J connectivity index is 1.40. The maximum atomic E-state index is 12.8. The fraction of sp³-hybridized carbons (Fsp3) is 0.333. The summed E-state index contributed by atoms with van der Waals surface area (Å²) in [6, 6.07) is 18.9. The van der Waals surface area contributed by atoms with Crippen molar-refractivity contribution in [2.24, 2.45) is 5.92 Å². The smallest absolute Gasteiger partial charge is 0.293 e. The molecule has 0 saturated carbocycles. The number of nitrogens with one attached hydrogen (secondary N) is 2. The van der Waals surface area contributed by atoms with Crippen LogP contribution < -0.4 is 15.5 Å². The Morgan fingerprint density at radius 2 is 1.34 bits per heavy atom. The van der Waals surface area contributed by atoms with Gasteiger partial charge in [0.05, 0.1) is 4.92 Å². The molecule has 2 N–H and O–H groups in total. The molecular formula is C30H34N4O4. The highest BCUT2D eigenvalue weighted by Crippen LogP contribution is 2.32. The first-order valence-electron chi connectivity index (χ1n) is 12.9. The number of nitrogens with zero attached hydrogens (tertiary/aromatic N) is 2. The van der Waals surface area contributed by atoms with Crippen LogP contribution in [0.4, 0.5) is 22.7 Å². The third kappa shape index (κ3) is 6.37. The largest absolute Gasteiger partial charge is 0.366 e. The monoisotopic (exact) mass is 514 g/mol. The minimum Gasteiger partial charge on any atom is -0.366 e. The summed E-state index contributed by atoms with van der Waals surface area (Å²) in [5, 5.41) is 17.4. The Kier molecular flexibility index (Phi) is 7.80. The Bertz CT molecular complexity index is 1320. The highest BCUT2D eigenvalue weighted by atomic mass is 16.6. The van der Waals surface area contributed by atoms with Crippen LogP contribution in [-0.2, 0) is 5.41 Å². The zero-order valence-electron chi connectivity index (χ0n) is 22.3. The molecule has 38 heavy (non-hydrogen) atoms. The summed E-state index contributed by atoms with van der Waals surface area (Å²) >= 11 is 0. The molecule has 0 bridgehead atoms. The Hall–Kier alpha value is -4.20. The van der Waals surface area contributed by atoms with Crippen LogP contribution in [0.1, 0.15) is 66.8 Å². The zero-order chi connectivity index (χ0) is 27.4. The van der Waals surface area contributed by atoms with Gasteiger partial charge in [-0.05, 0) is 78.3 Å². The molecule has 1 aliphatic heterocycles. The van der Waals surface area contributed by atoms with E-state index in [1.165, 1.54) is 6.07 Å². The van der Waals surface area contributed by atoms with Crippen molar-refractivity contribution in [2.75, 3.05) is 28.6 Å². The minimum absolute atomic E-state index is 0.00829. The lowest BCUT2D eigenvalue weighted by molar-refractivity contribution is -0.384. The van der Waals surface area contributed by atoms with Crippen LogP contribution in [0.2, 0.25) is 0 Å². The van der Waals surface area contributed by atoms with E-state index < -0.39 is 10.8 Å². The van der Waals surface area contributed by atoms with Crippen molar-refractivity contribution in [1.82, 2.24) is 0 Å². The third-order valence-corrected chi connectivity index (χ3v) is 6.97. The molecule has 8 heteroatoms. The standard InChI is InChI=1S/C30H34N4O4/c1-20-15-17-33(18-16-20)26-14-7-22(19-27(26)34(37)38)29(36)32-25-12-10-24(11-13-25)31-28(35)21-5-8-23(9-6-21)30(2,3)4/h5-14,19-20H,15-18H2,1-4H3,(H,31,35)(H,32,36). The van der Waals surface area contributed by atoms with Crippen molar-refractivity contribution in [3.05, 3.63) is 93.5 Å². The third-order valence-electron chi connectivity index (χ3n) is 6.97. The number of anilines is 3. The number of nitro benzene ring substituents is 1. The summed E-state index contributed by atoms with van der Waals surface area (Å²) in [4.78, 5) is 38.8. The molecule has 1 saturated heterocycles. The summed E-state index contributed by atoms with van der Waals surface area (Å²) in [7, 11) is 0. The molecule has 0 atom stereocenters. The Labute approximate surface area is 223 Å². The molecule has 0 unspecified atom stereocenters. The van der Waals surface area contributed by atoms with Crippen molar-refractivity contribution in [1.29, 1.82) is 0 Å². The quantitative estimate of drug-likeness (QED) is 0.284. The summed E-state index contributed by atoms with van der Waals surface area (Å²) in [6.07, 6.45) is 1.97. The molecule has 3 aromatic rings. The fourth-order valence-electron chi connectivity index (χ4n) is 4.49. The van der Waals surface area contributed by atoms with E-state index in [-0.39, 0.29) is 22.6 Å². The first kappa shape index (κ1) is 26.9. The fourth-order valence-corrected chi connectivity index (χ4v) is 4.49. The topological polar surface area (TPSA) is 105 Å². The average Bonchev–Trinajstić information content (AvgIpc) is 2.89. The highest BCUT2D eigenvalue weighted by molar-refractivity contribution is 6.06. The molecule has 198 valence electrons. The average molecular weight is 515 g/mol. The second kappa shape index (κ2) is 11.0. The van der Waals surface area contributed by atoms with Crippen LogP contribution in [0.3, 0.4) is 0 Å². The van der Waals surface area contributed by atoms with E-state index in [1.54, 1.807) is 48.5 Å². The van der Waals surface area contributed by atoms with Gasteiger partial charge in [-0.2, -0.15) is 0 Å². The summed E-state index contributed by atoms with van der Waals surface area (Å²) in [5.74, 6) is -0.0597. The van der Waals surface area contributed by atoms with Gasteiger partial charge in [0.2, 0.25) is 0 Å². The SMILES string of the molecule is CC1CCN(c2ccc(C(=O)Nc3ccc(NC(=O)c4ccc(C(C)(C)C)cc4)cc3)cc2[N+](=O)[O-])CC1. The van der Waals surface area contributed by atoms with Gasteiger partial charge < -0.3 is 15.5 Å². The number of carbonyl (C=O) groups excluding carboxylic acids is 2. The molecule has 1 fully saturated rings. The van der Waals surface area contributed by atoms with E-state index in [1.807, 2.05) is 17.0 Å². The number of nitro groups is 1. The van der Waals surface area contributed by atoms with Crippen LogP contribution >= 0.6 is 0 Å². The molecule has 1 heterocycles. The maximum absolute atomic E-state index is 12.8. The number of benzene rings is 3. The van der Waals surface area contributed by atoms with Gasteiger partial charge in [-0.25, -0.2) is 0 Å². The Morgan fingerprint density at radius 1 is 0.842 bits per heavy atom. The van der Waals surface area contributed by atoms with Crippen LogP contribution in [0.15, 0.2) is 66.7 Å². The van der Waals surface area contributed by atoms with E-state index in [2.05, 4.69) is 38.3 Å². The number of piperidine rings is 1. The van der Waals surface area contributed by atoms with Gasteiger partial charge in [0.1, 0.15) is 5.69 Å². The van der Waals surface area contributed by atoms with Gasteiger partial charge in [0.25, 0.3) is 17.5 Å². The number of hydrogen-bond acceptors (Lipinski definition) is 5. The summed E-state index contributed by atoms with van der Waals surface area (Å²) in [6.45, 7) is 10.1. The molecule has 3 aromatic carbocycles. The van der Waals surface area contributed by atoms with E-state index in [9.17, 15) is 19.7 Å². The second-order valence-corrected chi connectivity index (χ2v) is 10.9. The van der Waals surface area contributed by atoms with Crippen molar-refractivity contribution >= 4 is 34.6 Å². The number of rotatable bonds is 6. The number of amides is 2. The summed E-state index contributed by atoms with van der Waals surface area (Å²) < 4.78 is 0. The van der Waals surface area contributed by atoms with Crippen molar-refractivity contribution in [3.63, 3.8) is 0 Å². The minimum atomic E-state index is -0.442. The predicted molar refractivity (Wildman–Crippen MR) is 151 cm³/mol. The van der Waals surface area contributed by atoms with Crippen LogP contribution in [0.25, 0.3) is 0 Å². The van der Waals surface area contributed by atoms with Gasteiger partial charge >= 0.3 is 0 Å². The lowest BCUT2D eigenvalue weighted by Gasteiger charge is -2.31. The van der Waals surface area contributed by atoms with Gasteiger partial charge in [-0.15, -0.1) is 0 Å². The van der Waals surface area contributed by atoms with Crippen LogP contribution in [-0.4, -0.2) is 29.8 Å². The molecule has 2 amide bonds. The van der Waals surface area contributed by atoms with Gasteiger partial charge in [-0.3, -0.25) is 19.7 Å². The van der Waals surface area contributed by atoms with Crippen molar-refractivity contribution in [2.45, 2.75) is 46.0 Å². The van der Waals surface area contributed by atoms with Crippen molar-refractivity contribution < 1.29 is 14.5 Å². The van der Waals surface area contributed by atoms with E-state index in [0.29, 0.717) is 28.5 Å². The predicted octanol–water partition coefficient (Wildman–Crippen LogP) is 6.63. The molecular weight excluding hydrogens is 480 g/mol. The van der Waals surface area contributed by atoms with Gasteiger partial charge in [-0.1, -0.05) is 39.8 Å². The molecule has 0 radical (unpaired) electrons. The number of carbonyl (C=O) groups is 2. The first-order valence-corrected chi connectivity index (χ1v) is 12.9. The maximum Gasteiger partial charge on any atom is 0.293 e. The number of hydrogen-bond donors (Lipinski definition) is 2. The van der Waals surface area contributed by atoms with Crippen LogP contribution in [0, 0.1) is 16.0 Å². The molecule has 0 aliphatic carbocycles. The molecule has 1 aliphatic rings. The second-order valence-electron chi connectivity index (χ2n) is 10.9. The molecule has 4 rings (SSSR count). The molecule has 0 aromatic heterocycles. The van der Waals surface area contributed by atoms with E-state index >= 15 is 0 Å². The van der Waals surface area contributed by atoms with Crippen LogP contribution in [0.5, 0.6) is 0 Å².